The minimum absolute atomic E-state index is 0.0614. The van der Waals surface area contributed by atoms with E-state index in [0.717, 1.165) is 0 Å². The van der Waals surface area contributed by atoms with Gasteiger partial charge in [-0.3, -0.25) is 5.73 Å². The van der Waals surface area contributed by atoms with E-state index in [0.29, 0.717) is 16.5 Å². The van der Waals surface area contributed by atoms with Crippen molar-refractivity contribution in [2.45, 2.75) is 6.23 Å². The lowest BCUT2D eigenvalue weighted by molar-refractivity contribution is 0.277. The van der Waals surface area contributed by atoms with E-state index in [-0.39, 0.29) is 16.7 Å². The zero-order valence-electron chi connectivity index (χ0n) is 10.5. The summed E-state index contributed by atoms with van der Waals surface area (Å²) in [5.41, 5.74) is 12.3. The lowest BCUT2D eigenvalue weighted by atomic mass is 10.1. The molecule has 5 heteroatoms. The number of aromatic hydroxyl groups is 1. The SMILES string of the molecule is NC1=c2c(ccc(F)c2=Cc2ccccc2O)OC1N. The zero-order chi connectivity index (χ0) is 14.3. The van der Waals surface area contributed by atoms with Crippen molar-refractivity contribution >= 4 is 11.8 Å². The van der Waals surface area contributed by atoms with Gasteiger partial charge in [-0.05, 0) is 24.3 Å². The van der Waals surface area contributed by atoms with Gasteiger partial charge in [-0.2, -0.15) is 0 Å². The summed E-state index contributed by atoms with van der Waals surface area (Å²) in [6, 6.07) is 9.44. The molecule has 3 rings (SSSR count). The van der Waals surface area contributed by atoms with E-state index >= 15 is 0 Å². The molecular formula is C15H13FN2O2. The third kappa shape index (κ3) is 1.88. The summed E-state index contributed by atoms with van der Waals surface area (Å²) < 4.78 is 19.4. The molecular weight excluding hydrogens is 259 g/mol. The highest BCUT2D eigenvalue weighted by molar-refractivity contribution is 5.61. The summed E-state index contributed by atoms with van der Waals surface area (Å²) in [7, 11) is 0. The van der Waals surface area contributed by atoms with Crippen LogP contribution in [0, 0.1) is 5.82 Å². The maximum atomic E-state index is 14.1. The average Bonchev–Trinajstić information content (AvgIpc) is 2.71. The Kier molecular flexibility index (Phi) is 2.84. The second-order valence-electron chi connectivity index (χ2n) is 4.53. The largest absolute Gasteiger partial charge is 0.507 e. The van der Waals surface area contributed by atoms with Crippen molar-refractivity contribution in [2.75, 3.05) is 0 Å². The minimum Gasteiger partial charge on any atom is -0.507 e. The maximum Gasteiger partial charge on any atom is 0.189 e. The molecule has 1 aliphatic heterocycles. The Hall–Kier alpha value is -2.53. The highest BCUT2D eigenvalue weighted by Crippen LogP contribution is 2.17. The second kappa shape index (κ2) is 4.54. The van der Waals surface area contributed by atoms with Crippen LogP contribution >= 0.6 is 0 Å². The molecule has 1 unspecified atom stereocenters. The number of ether oxygens (including phenoxy) is 1. The van der Waals surface area contributed by atoms with Gasteiger partial charge in [0.1, 0.15) is 17.3 Å². The predicted molar refractivity (Wildman–Crippen MR) is 73.5 cm³/mol. The van der Waals surface area contributed by atoms with Gasteiger partial charge in [0.25, 0.3) is 0 Å². The number of hydrogen-bond acceptors (Lipinski definition) is 4. The topological polar surface area (TPSA) is 81.5 Å². The third-order valence-electron chi connectivity index (χ3n) is 3.24. The van der Waals surface area contributed by atoms with E-state index in [1.807, 2.05) is 0 Å². The van der Waals surface area contributed by atoms with Gasteiger partial charge in [-0.1, -0.05) is 18.2 Å². The smallest absolute Gasteiger partial charge is 0.189 e. The van der Waals surface area contributed by atoms with Gasteiger partial charge in [-0.15, -0.1) is 0 Å². The maximum absolute atomic E-state index is 14.1. The normalized spacial score (nSPS) is 18.0. The van der Waals surface area contributed by atoms with Crippen LogP contribution in [0.5, 0.6) is 11.5 Å². The summed E-state index contributed by atoms with van der Waals surface area (Å²) in [6.45, 7) is 0. The molecule has 5 N–H and O–H groups in total. The fraction of sp³-hybridized carbons (Fsp3) is 0.0667. The number of halogens is 1. The van der Waals surface area contributed by atoms with Crippen LogP contribution < -0.4 is 26.6 Å². The number of rotatable bonds is 1. The van der Waals surface area contributed by atoms with Crippen LogP contribution in [0.1, 0.15) is 5.56 Å². The lowest BCUT2D eigenvalue weighted by Gasteiger charge is -2.04. The molecule has 1 atom stereocenters. The highest BCUT2D eigenvalue weighted by atomic mass is 19.1. The van der Waals surface area contributed by atoms with E-state index in [1.54, 1.807) is 18.2 Å². The Morgan fingerprint density at radius 1 is 1.20 bits per heavy atom. The molecule has 0 fully saturated rings. The van der Waals surface area contributed by atoms with Crippen LogP contribution in [0.4, 0.5) is 4.39 Å². The highest BCUT2D eigenvalue weighted by Gasteiger charge is 2.20. The van der Waals surface area contributed by atoms with Crippen LogP contribution in [0.25, 0.3) is 11.8 Å². The molecule has 4 nitrogen and oxygen atoms in total. The molecule has 0 bridgehead atoms. The van der Waals surface area contributed by atoms with Gasteiger partial charge in [0.05, 0.1) is 10.9 Å². The summed E-state index contributed by atoms with van der Waals surface area (Å²) >= 11 is 0. The Bertz CT molecular complexity index is 802. The third-order valence-corrected chi connectivity index (χ3v) is 3.24. The van der Waals surface area contributed by atoms with Gasteiger partial charge in [0.15, 0.2) is 6.23 Å². The summed E-state index contributed by atoms with van der Waals surface area (Å²) in [4.78, 5) is 0. The first kappa shape index (κ1) is 12.5. The van der Waals surface area contributed by atoms with Crippen molar-refractivity contribution in [3.8, 4) is 11.5 Å². The number of nitrogens with two attached hydrogens (primary N) is 2. The molecule has 0 aromatic heterocycles. The van der Waals surface area contributed by atoms with E-state index in [1.165, 1.54) is 24.3 Å². The number of para-hydroxylation sites is 1. The van der Waals surface area contributed by atoms with Gasteiger partial charge in [0, 0.05) is 10.8 Å². The zero-order valence-corrected chi connectivity index (χ0v) is 10.5. The molecule has 102 valence electrons. The molecule has 0 aliphatic carbocycles. The van der Waals surface area contributed by atoms with Gasteiger partial charge in [-0.25, -0.2) is 4.39 Å². The molecule has 0 saturated carbocycles. The first-order valence-corrected chi connectivity index (χ1v) is 6.08. The van der Waals surface area contributed by atoms with Gasteiger partial charge < -0.3 is 15.6 Å². The quantitative estimate of drug-likeness (QED) is 0.688. The number of phenolic OH excluding ortho intramolecular Hbond substituents is 1. The Morgan fingerprint density at radius 3 is 2.70 bits per heavy atom. The first-order valence-electron chi connectivity index (χ1n) is 6.08. The van der Waals surface area contributed by atoms with Gasteiger partial charge in [0.2, 0.25) is 0 Å². The minimum atomic E-state index is -0.775. The van der Waals surface area contributed by atoms with Crippen molar-refractivity contribution in [1.82, 2.24) is 0 Å². The molecule has 1 aliphatic rings. The van der Waals surface area contributed by atoms with Crippen molar-refractivity contribution < 1.29 is 14.2 Å². The van der Waals surface area contributed by atoms with E-state index in [9.17, 15) is 9.50 Å². The molecule has 20 heavy (non-hydrogen) atoms. The predicted octanol–water partition coefficient (Wildman–Crippen LogP) is 0.104. The molecule has 1 heterocycles. The van der Waals surface area contributed by atoms with Crippen LogP contribution in [0.2, 0.25) is 0 Å². The van der Waals surface area contributed by atoms with Gasteiger partial charge >= 0.3 is 0 Å². The Balaban J connectivity index is 2.37. The summed E-state index contributed by atoms with van der Waals surface area (Å²) in [5, 5.41) is 10.5. The van der Waals surface area contributed by atoms with Crippen LogP contribution in [-0.2, 0) is 0 Å². The standard InChI is InChI=1S/C15H13FN2O2/c16-10-5-6-12-13(14(17)15(18)20-12)9(10)7-8-3-1-2-4-11(8)19/h1-7,15,19H,17-18H2. The van der Waals surface area contributed by atoms with E-state index in [4.69, 9.17) is 16.2 Å². The van der Waals surface area contributed by atoms with Crippen molar-refractivity contribution in [3.05, 3.63) is 58.2 Å². The average molecular weight is 272 g/mol. The van der Waals surface area contributed by atoms with Crippen molar-refractivity contribution in [1.29, 1.82) is 0 Å². The molecule has 0 amide bonds. The number of hydrogen-bond donors (Lipinski definition) is 3. The number of fused-ring (bicyclic) bond motifs is 1. The van der Waals surface area contributed by atoms with Crippen LogP contribution in [0.3, 0.4) is 0 Å². The summed E-state index contributed by atoms with van der Waals surface area (Å²) in [6.07, 6.45) is 0.751. The molecule has 2 aromatic rings. The molecule has 0 saturated heterocycles. The number of phenols is 1. The van der Waals surface area contributed by atoms with Crippen LogP contribution in [0.15, 0.2) is 36.4 Å². The van der Waals surface area contributed by atoms with Crippen molar-refractivity contribution in [2.24, 2.45) is 11.5 Å². The monoisotopic (exact) mass is 272 g/mol. The first-order chi connectivity index (χ1) is 9.58. The fourth-order valence-electron chi connectivity index (χ4n) is 2.22. The Morgan fingerprint density at radius 2 is 1.95 bits per heavy atom. The molecule has 2 aromatic carbocycles. The van der Waals surface area contributed by atoms with Crippen LogP contribution in [-0.4, -0.2) is 11.3 Å². The Labute approximate surface area is 114 Å². The van der Waals surface area contributed by atoms with E-state index < -0.39 is 12.0 Å². The van der Waals surface area contributed by atoms with E-state index in [2.05, 4.69) is 0 Å². The fourth-order valence-corrected chi connectivity index (χ4v) is 2.22. The molecule has 0 spiro atoms. The number of benzene rings is 2. The lowest BCUT2D eigenvalue weighted by Crippen LogP contribution is -2.34. The summed E-state index contributed by atoms with van der Waals surface area (Å²) in [5.74, 6) is 0.0528. The van der Waals surface area contributed by atoms with Crippen molar-refractivity contribution in [3.63, 3.8) is 0 Å². The second-order valence-corrected chi connectivity index (χ2v) is 4.53. The molecule has 0 radical (unpaired) electrons.